The number of fused-ring (bicyclic) bond motifs is 1. The van der Waals surface area contributed by atoms with Gasteiger partial charge >= 0.3 is 0 Å². The first-order valence-corrected chi connectivity index (χ1v) is 3.83. The highest BCUT2D eigenvalue weighted by Gasteiger charge is 2.13. The van der Waals surface area contributed by atoms with E-state index < -0.39 is 0 Å². The summed E-state index contributed by atoms with van der Waals surface area (Å²) in [5.74, 6) is 0.686. The van der Waals surface area contributed by atoms with Crippen molar-refractivity contribution in [3.05, 3.63) is 23.8 Å². The van der Waals surface area contributed by atoms with Gasteiger partial charge in [0.05, 0.1) is 0 Å². The maximum Gasteiger partial charge on any atom is 0.0398 e. The lowest BCUT2D eigenvalue weighted by Gasteiger charge is -2.19. The highest BCUT2D eigenvalue weighted by Crippen LogP contribution is 2.23. The van der Waals surface area contributed by atoms with Gasteiger partial charge in [0.1, 0.15) is 0 Å². The summed E-state index contributed by atoms with van der Waals surface area (Å²) in [7, 11) is 0. The second kappa shape index (κ2) is 2.41. The van der Waals surface area contributed by atoms with Crippen LogP contribution in [0, 0.1) is 5.92 Å². The predicted molar refractivity (Wildman–Crippen MR) is 43.3 cm³/mol. The Morgan fingerprint density at radius 2 is 2.50 bits per heavy atom. The quantitative estimate of drug-likeness (QED) is 0.448. The van der Waals surface area contributed by atoms with Gasteiger partial charge in [-0.3, -0.25) is 4.99 Å². The summed E-state index contributed by atoms with van der Waals surface area (Å²) >= 11 is 0. The molecule has 1 heterocycles. The average Bonchev–Trinajstić information content (AvgIpc) is 2.05. The van der Waals surface area contributed by atoms with Crippen molar-refractivity contribution >= 4 is 6.21 Å². The molecular formula is C9H11N. The van der Waals surface area contributed by atoms with E-state index in [1.54, 1.807) is 0 Å². The fraction of sp³-hybridized carbons (Fsp3) is 0.444. The van der Waals surface area contributed by atoms with E-state index in [1.165, 1.54) is 12.0 Å². The van der Waals surface area contributed by atoms with E-state index in [9.17, 15) is 0 Å². The maximum atomic E-state index is 4.23. The first-order valence-electron chi connectivity index (χ1n) is 3.83. The third-order valence-electron chi connectivity index (χ3n) is 2.10. The summed E-state index contributed by atoms with van der Waals surface area (Å²) < 4.78 is 0. The van der Waals surface area contributed by atoms with E-state index in [1.807, 2.05) is 6.21 Å². The van der Waals surface area contributed by atoms with Gasteiger partial charge in [0.25, 0.3) is 0 Å². The Labute approximate surface area is 61.2 Å². The molecule has 1 aliphatic carbocycles. The van der Waals surface area contributed by atoms with Crippen molar-refractivity contribution in [3.63, 3.8) is 0 Å². The van der Waals surface area contributed by atoms with Crippen molar-refractivity contribution in [1.82, 2.24) is 0 Å². The summed E-state index contributed by atoms with van der Waals surface area (Å²) in [5, 5.41) is 0. The first-order chi connectivity index (χ1) is 4.97. The molecule has 0 radical (unpaired) electrons. The van der Waals surface area contributed by atoms with Gasteiger partial charge in [-0.15, -0.1) is 0 Å². The summed E-state index contributed by atoms with van der Waals surface area (Å²) in [5.41, 5.74) is 1.42. The van der Waals surface area contributed by atoms with Crippen LogP contribution in [0.2, 0.25) is 0 Å². The molecule has 0 N–H and O–H groups in total. The van der Waals surface area contributed by atoms with Crippen LogP contribution in [-0.2, 0) is 0 Å². The molecule has 0 fully saturated rings. The molecule has 0 aromatic heterocycles. The average molecular weight is 133 g/mol. The van der Waals surface area contributed by atoms with Crippen molar-refractivity contribution < 1.29 is 0 Å². The van der Waals surface area contributed by atoms with Crippen LogP contribution in [0.4, 0.5) is 0 Å². The molecule has 1 unspecified atom stereocenters. The Morgan fingerprint density at radius 3 is 3.40 bits per heavy atom. The van der Waals surface area contributed by atoms with Gasteiger partial charge in [0.15, 0.2) is 0 Å². The van der Waals surface area contributed by atoms with Gasteiger partial charge in [-0.25, -0.2) is 0 Å². The molecule has 0 amide bonds. The normalized spacial score (nSPS) is 29.6. The molecule has 1 heteroatoms. The molecule has 10 heavy (non-hydrogen) atoms. The lowest BCUT2D eigenvalue weighted by Crippen LogP contribution is -2.11. The molecule has 0 bridgehead atoms. The summed E-state index contributed by atoms with van der Waals surface area (Å²) in [6.07, 6.45) is 11.1. The minimum Gasteiger partial charge on any atom is -0.293 e. The molecule has 2 aliphatic rings. The van der Waals surface area contributed by atoms with Crippen LogP contribution in [-0.4, -0.2) is 12.8 Å². The van der Waals surface area contributed by atoms with Crippen LogP contribution < -0.4 is 0 Å². The second-order valence-corrected chi connectivity index (χ2v) is 2.80. The van der Waals surface area contributed by atoms with Gasteiger partial charge in [0.2, 0.25) is 0 Å². The number of hydrogen-bond acceptors (Lipinski definition) is 1. The van der Waals surface area contributed by atoms with Crippen LogP contribution in [0.5, 0.6) is 0 Å². The molecule has 2 rings (SSSR count). The highest BCUT2D eigenvalue weighted by atomic mass is 14.7. The third-order valence-corrected chi connectivity index (χ3v) is 2.10. The zero-order valence-corrected chi connectivity index (χ0v) is 5.96. The van der Waals surface area contributed by atoms with E-state index >= 15 is 0 Å². The summed E-state index contributed by atoms with van der Waals surface area (Å²) in [6, 6.07) is 0. The van der Waals surface area contributed by atoms with Crippen LogP contribution in [0.3, 0.4) is 0 Å². The van der Waals surface area contributed by atoms with E-state index in [0.717, 1.165) is 13.0 Å². The lowest BCUT2D eigenvalue weighted by atomic mass is 9.90. The van der Waals surface area contributed by atoms with Gasteiger partial charge in [0, 0.05) is 18.7 Å². The molecule has 52 valence electrons. The molecule has 0 saturated heterocycles. The number of aliphatic imine (C=N–C) groups is 1. The predicted octanol–water partition coefficient (Wildman–Crippen LogP) is 1.96. The molecule has 0 aromatic rings. The number of nitrogens with zero attached hydrogens (tertiary/aromatic N) is 1. The molecule has 1 nitrogen and oxygen atoms in total. The molecule has 0 aromatic carbocycles. The fourth-order valence-electron chi connectivity index (χ4n) is 1.50. The van der Waals surface area contributed by atoms with E-state index in [0.29, 0.717) is 5.92 Å². The standard InChI is InChI=1S/C9H11N/c1-2-4-9-7-10-6-5-8(9)3-1/h1,3-4,7-8H,2,5-6H2. The van der Waals surface area contributed by atoms with Gasteiger partial charge in [-0.2, -0.15) is 0 Å². The molecule has 0 saturated carbocycles. The zero-order chi connectivity index (χ0) is 6.81. The van der Waals surface area contributed by atoms with Crippen LogP contribution in [0.15, 0.2) is 28.8 Å². The van der Waals surface area contributed by atoms with Crippen molar-refractivity contribution in [2.24, 2.45) is 10.9 Å². The maximum absolute atomic E-state index is 4.23. The summed E-state index contributed by atoms with van der Waals surface area (Å²) in [6.45, 7) is 1.01. The Balaban J connectivity index is 2.26. The Hall–Kier alpha value is -0.850. The van der Waals surface area contributed by atoms with E-state index in [2.05, 4.69) is 23.2 Å². The van der Waals surface area contributed by atoms with E-state index in [4.69, 9.17) is 0 Å². The van der Waals surface area contributed by atoms with Crippen LogP contribution >= 0.6 is 0 Å². The first kappa shape index (κ1) is 5.90. The zero-order valence-electron chi connectivity index (χ0n) is 5.96. The Kier molecular flexibility index (Phi) is 1.42. The molecule has 1 aliphatic heterocycles. The third kappa shape index (κ3) is 0.919. The molecule has 1 atom stereocenters. The lowest BCUT2D eigenvalue weighted by molar-refractivity contribution is 0.678. The van der Waals surface area contributed by atoms with Crippen molar-refractivity contribution in [1.29, 1.82) is 0 Å². The minimum absolute atomic E-state index is 0.686. The minimum atomic E-state index is 0.686. The largest absolute Gasteiger partial charge is 0.293 e. The van der Waals surface area contributed by atoms with Gasteiger partial charge in [-0.05, 0) is 18.4 Å². The Morgan fingerprint density at radius 1 is 1.50 bits per heavy atom. The van der Waals surface area contributed by atoms with Crippen molar-refractivity contribution in [2.75, 3.05) is 6.54 Å². The monoisotopic (exact) mass is 133 g/mol. The number of hydrogen-bond donors (Lipinski definition) is 0. The second-order valence-electron chi connectivity index (χ2n) is 2.80. The smallest absolute Gasteiger partial charge is 0.0398 e. The van der Waals surface area contributed by atoms with E-state index in [-0.39, 0.29) is 0 Å². The number of rotatable bonds is 0. The Bertz CT molecular complexity index is 211. The molecular weight excluding hydrogens is 122 g/mol. The molecule has 0 spiro atoms. The SMILES string of the molecule is C1=CC2CCN=CC2=CC1. The van der Waals surface area contributed by atoms with Crippen molar-refractivity contribution in [2.45, 2.75) is 12.8 Å². The van der Waals surface area contributed by atoms with Crippen LogP contribution in [0.1, 0.15) is 12.8 Å². The number of allylic oxidation sites excluding steroid dienone is 4. The van der Waals surface area contributed by atoms with Crippen molar-refractivity contribution in [3.8, 4) is 0 Å². The van der Waals surface area contributed by atoms with Gasteiger partial charge < -0.3 is 0 Å². The van der Waals surface area contributed by atoms with Crippen LogP contribution in [0.25, 0.3) is 0 Å². The topological polar surface area (TPSA) is 12.4 Å². The fourth-order valence-corrected chi connectivity index (χ4v) is 1.50. The highest BCUT2D eigenvalue weighted by molar-refractivity contribution is 5.81. The van der Waals surface area contributed by atoms with Gasteiger partial charge in [-0.1, -0.05) is 18.2 Å². The summed E-state index contributed by atoms with van der Waals surface area (Å²) in [4.78, 5) is 4.23.